The number of nitrogens with two attached hydrogens (primary N) is 1. The van der Waals surface area contributed by atoms with Crippen LogP contribution < -0.4 is 26.6 Å². The first-order chi connectivity index (χ1) is 31.1. The number of anilines is 4. The topological polar surface area (TPSA) is 187 Å². The molecule has 1 atom stereocenters. The fourth-order valence-electron chi connectivity index (χ4n) is 8.23. The molecule has 1 spiro atoms. The molecule has 2 aromatic carbocycles. The smallest absolute Gasteiger partial charge is 0.236 e. The van der Waals surface area contributed by atoms with Crippen molar-refractivity contribution in [3.63, 3.8) is 0 Å². The van der Waals surface area contributed by atoms with Crippen molar-refractivity contribution in [2.75, 3.05) is 67.6 Å². The fraction of sp³-hybridized carbons (Fsp3) is 0.583. The van der Waals surface area contributed by atoms with Gasteiger partial charge in [0.15, 0.2) is 5.82 Å². The van der Waals surface area contributed by atoms with Gasteiger partial charge in [0.1, 0.15) is 12.1 Å². The third kappa shape index (κ3) is 14.6. The maximum absolute atomic E-state index is 11.5. The highest BCUT2D eigenvalue weighted by molar-refractivity contribution is 7.97. The first-order valence-electron chi connectivity index (χ1n) is 23.5. The lowest BCUT2D eigenvalue weighted by Gasteiger charge is -2.41. The summed E-state index contributed by atoms with van der Waals surface area (Å²) in [5, 5.41) is 22.9. The zero-order valence-electron chi connectivity index (χ0n) is 39.4. The zero-order chi connectivity index (χ0) is 46.5. The number of aromatic nitrogens is 4. The predicted octanol–water partition coefficient (Wildman–Crippen LogP) is 7.55. The molecule has 2 saturated heterocycles. The minimum Gasteiger partial charge on any atom is -0.393 e. The summed E-state index contributed by atoms with van der Waals surface area (Å²) in [6.07, 6.45) is 15.2. The van der Waals surface area contributed by atoms with E-state index >= 15 is 0 Å². The van der Waals surface area contributed by atoms with Crippen LogP contribution in [0.4, 0.5) is 23.3 Å². The molecule has 352 valence electrons. The lowest BCUT2D eigenvalue weighted by Crippen LogP contribution is -2.51. The number of piperazine rings is 1. The van der Waals surface area contributed by atoms with Crippen LogP contribution in [0.1, 0.15) is 116 Å². The Bertz CT molecular complexity index is 2020. The van der Waals surface area contributed by atoms with Crippen molar-refractivity contribution in [2.24, 2.45) is 7.05 Å². The van der Waals surface area contributed by atoms with Gasteiger partial charge in [-0.15, -0.1) is 0 Å². The molecule has 4 aromatic rings. The molecule has 2 amide bonds. The summed E-state index contributed by atoms with van der Waals surface area (Å²) in [6, 6.07) is 16.4. The van der Waals surface area contributed by atoms with Gasteiger partial charge in [0, 0.05) is 100 Å². The van der Waals surface area contributed by atoms with Gasteiger partial charge in [0.05, 0.1) is 17.0 Å². The third-order valence-electron chi connectivity index (χ3n) is 11.8. The van der Waals surface area contributed by atoms with Crippen LogP contribution in [0, 0.1) is 0 Å². The summed E-state index contributed by atoms with van der Waals surface area (Å²) in [7, 11) is 3.95. The number of piperidine rings is 1. The third-order valence-corrected chi connectivity index (χ3v) is 12.9. The second kappa shape index (κ2) is 26.9. The number of nitrogen functional groups attached to an aromatic ring is 1. The lowest BCUT2D eigenvalue weighted by molar-refractivity contribution is -0.118. The Morgan fingerprint density at radius 3 is 2.31 bits per heavy atom. The van der Waals surface area contributed by atoms with Crippen LogP contribution in [0.5, 0.6) is 0 Å². The number of fused-ring (bicyclic) bond motifs is 3. The van der Waals surface area contributed by atoms with Crippen molar-refractivity contribution >= 4 is 64.7 Å². The largest absolute Gasteiger partial charge is 0.393 e. The SMILES string of the molecule is CC.CC.CNc1nn(C)c2cc(N3CCN(Cc4cccc(SN5CCCCC5)c4)C(C)C3)ccc12.Nc1ncc2c(n1)NC(=O)C21CC1.O=CCCNC=O.OC1CCCCC1. The van der Waals surface area contributed by atoms with E-state index in [1.165, 1.54) is 78.7 Å². The van der Waals surface area contributed by atoms with Crippen LogP contribution in [0.25, 0.3) is 10.9 Å². The van der Waals surface area contributed by atoms with Gasteiger partial charge >= 0.3 is 0 Å². The lowest BCUT2D eigenvalue weighted by atomic mass is 9.98. The standard InChI is InChI=1S/C26H36N6S.C8H8N4O.C6H12O.C4H7NO2.2C2H6/c1-20-18-31(22-10-11-24-25(17-22)29(3)28-26(24)27-2)15-14-30(20)19-21-8-7-9-23(16-21)33-32-12-5-4-6-13-32;9-7-10-3-4-5(12-7)11-6(13)8(4)1-2-8;7-6-4-2-1-3-5-6;6-3-1-2-5-4-7;2*1-2/h7-11,16-17,20H,4-6,12-15,18-19H2,1-3H3,(H,27,28);3H,1-2H2,(H3,9,10,11,12,13);6-7H,1-5H2;3-4H,1-2H2,(H,5,7);2*1-2H3. The number of aliphatic hydroxyl groups excluding tert-OH is 1. The molecule has 2 aromatic heterocycles. The monoisotopic (exact) mass is 902 g/mol. The summed E-state index contributed by atoms with van der Waals surface area (Å²) >= 11 is 1.94. The molecule has 16 heteroatoms. The number of benzene rings is 2. The van der Waals surface area contributed by atoms with Crippen LogP contribution >= 0.6 is 11.9 Å². The number of hydrogen-bond donors (Lipinski definition) is 5. The minimum atomic E-state index is -0.303. The molecule has 2 aliphatic carbocycles. The molecule has 5 aliphatic rings. The molecule has 2 saturated carbocycles. The van der Waals surface area contributed by atoms with Gasteiger partial charge in [0.25, 0.3) is 0 Å². The average molecular weight is 902 g/mol. The molecule has 0 bridgehead atoms. The van der Waals surface area contributed by atoms with E-state index in [0.29, 0.717) is 31.2 Å². The Kier molecular flexibility index (Phi) is 21.8. The Morgan fingerprint density at radius 1 is 0.969 bits per heavy atom. The summed E-state index contributed by atoms with van der Waals surface area (Å²) < 4.78 is 4.50. The van der Waals surface area contributed by atoms with Gasteiger partial charge < -0.3 is 36.5 Å². The van der Waals surface area contributed by atoms with E-state index in [2.05, 4.69) is 94.5 Å². The number of aldehydes is 1. The molecule has 6 N–H and O–H groups in total. The van der Waals surface area contributed by atoms with Crippen LogP contribution in [-0.2, 0) is 33.4 Å². The van der Waals surface area contributed by atoms with Gasteiger partial charge in [-0.25, -0.2) is 9.29 Å². The average Bonchev–Trinajstić information content (AvgIpc) is 4.01. The molecule has 15 nitrogen and oxygen atoms in total. The molecule has 64 heavy (non-hydrogen) atoms. The normalized spacial score (nSPS) is 18.7. The van der Waals surface area contributed by atoms with E-state index in [4.69, 9.17) is 10.8 Å². The van der Waals surface area contributed by atoms with E-state index in [1.54, 1.807) is 6.20 Å². The highest BCUT2D eigenvalue weighted by Crippen LogP contribution is 2.54. The van der Waals surface area contributed by atoms with E-state index in [-0.39, 0.29) is 23.4 Å². The number of carbonyl (C=O) groups is 3. The van der Waals surface area contributed by atoms with Gasteiger partial charge in [0.2, 0.25) is 18.3 Å². The number of carbonyl (C=O) groups excluding carboxylic acids is 3. The summed E-state index contributed by atoms with van der Waals surface area (Å²) in [5.74, 6) is 1.78. The van der Waals surface area contributed by atoms with Crippen molar-refractivity contribution in [1.82, 2.24) is 34.3 Å². The predicted molar refractivity (Wildman–Crippen MR) is 263 cm³/mol. The number of nitrogens with one attached hydrogen (secondary N) is 3. The van der Waals surface area contributed by atoms with Crippen molar-refractivity contribution in [2.45, 2.75) is 134 Å². The Morgan fingerprint density at radius 2 is 1.69 bits per heavy atom. The fourth-order valence-corrected chi connectivity index (χ4v) is 9.31. The number of nitrogens with zero attached hydrogens (tertiary/aromatic N) is 7. The molecule has 1 unspecified atom stereocenters. The van der Waals surface area contributed by atoms with Gasteiger partial charge in [-0.2, -0.15) is 10.1 Å². The second-order valence-electron chi connectivity index (χ2n) is 16.3. The van der Waals surface area contributed by atoms with Crippen molar-refractivity contribution in [3.8, 4) is 0 Å². The molecular formula is C48H75N11O4S. The number of aryl methyl sites for hydroxylation is 1. The number of amides is 2. The van der Waals surface area contributed by atoms with E-state index in [9.17, 15) is 14.4 Å². The molecule has 9 rings (SSSR count). The second-order valence-corrected chi connectivity index (χ2v) is 17.4. The minimum absolute atomic E-state index is 0.0359. The van der Waals surface area contributed by atoms with Gasteiger partial charge in [-0.3, -0.25) is 19.2 Å². The van der Waals surface area contributed by atoms with Gasteiger partial charge in [-0.1, -0.05) is 65.5 Å². The van der Waals surface area contributed by atoms with Crippen LogP contribution in [-0.4, -0.2) is 111 Å². The number of hydrogen-bond acceptors (Lipinski definition) is 13. The molecular weight excluding hydrogens is 827 g/mol. The molecule has 4 fully saturated rings. The van der Waals surface area contributed by atoms with E-state index < -0.39 is 0 Å². The first kappa shape index (κ1) is 51.9. The molecule has 3 aliphatic heterocycles. The zero-order valence-corrected chi connectivity index (χ0v) is 40.3. The Balaban J connectivity index is 0.000000234. The molecule has 5 heterocycles. The van der Waals surface area contributed by atoms with E-state index in [1.807, 2.05) is 58.4 Å². The maximum atomic E-state index is 11.5. The summed E-state index contributed by atoms with van der Waals surface area (Å²) in [4.78, 5) is 44.9. The highest BCUT2D eigenvalue weighted by atomic mass is 32.2. The van der Waals surface area contributed by atoms with Crippen LogP contribution in [0.15, 0.2) is 53.6 Å². The maximum Gasteiger partial charge on any atom is 0.236 e. The van der Waals surface area contributed by atoms with Crippen LogP contribution in [0.2, 0.25) is 0 Å². The summed E-state index contributed by atoms with van der Waals surface area (Å²) in [6.45, 7) is 17.4. The summed E-state index contributed by atoms with van der Waals surface area (Å²) in [5.41, 5.74) is 9.91. The number of aliphatic hydroxyl groups is 1. The quantitative estimate of drug-likeness (QED) is 0.0598. The molecule has 0 radical (unpaired) electrons. The van der Waals surface area contributed by atoms with Gasteiger partial charge in [-0.05, 0) is 93.3 Å². The Labute approximate surface area is 385 Å². The van der Waals surface area contributed by atoms with Crippen molar-refractivity contribution in [1.29, 1.82) is 0 Å². The van der Waals surface area contributed by atoms with Crippen molar-refractivity contribution in [3.05, 3.63) is 59.8 Å². The van der Waals surface area contributed by atoms with Crippen LogP contribution in [0.3, 0.4) is 0 Å². The van der Waals surface area contributed by atoms with E-state index in [0.717, 1.165) is 69.5 Å². The Hall–Kier alpha value is -4.77. The highest BCUT2D eigenvalue weighted by Gasteiger charge is 2.57. The number of rotatable bonds is 10. The van der Waals surface area contributed by atoms with Crippen molar-refractivity contribution < 1.29 is 19.5 Å². The first-order valence-corrected chi connectivity index (χ1v) is 24.3.